The van der Waals surface area contributed by atoms with E-state index < -0.39 is 24.0 Å². The van der Waals surface area contributed by atoms with E-state index in [0.717, 1.165) is 11.1 Å². The topological polar surface area (TPSA) is 115 Å². The van der Waals surface area contributed by atoms with E-state index in [1.165, 1.54) is 20.2 Å². The first-order valence-electron chi connectivity index (χ1n) is 10.8. The van der Waals surface area contributed by atoms with Crippen LogP contribution in [0.15, 0.2) is 66.9 Å². The van der Waals surface area contributed by atoms with E-state index in [4.69, 9.17) is 21.3 Å². The van der Waals surface area contributed by atoms with Crippen LogP contribution in [0.2, 0.25) is 5.02 Å². The van der Waals surface area contributed by atoms with Crippen LogP contribution in [0.1, 0.15) is 22.8 Å². The van der Waals surface area contributed by atoms with Crippen molar-refractivity contribution >= 4 is 40.5 Å². The van der Waals surface area contributed by atoms with Crippen molar-refractivity contribution in [3.63, 3.8) is 0 Å². The second-order valence-corrected chi connectivity index (χ2v) is 8.08. The fourth-order valence-electron chi connectivity index (χ4n) is 3.43. The molecule has 4 rings (SSSR count). The molecule has 2 aromatic heterocycles. The third kappa shape index (κ3) is 5.30. The van der Waals surface area contributed by atoms with Gasteiger partial charge in [-0.05, 0) is 24.6 Å². The highest BCUT2D eigenvalue weighted by atomic mass is 35.5. The van der Waals surface area contributed by atoms with Gasteiger partial charge in [0.1, 0.15) is 0 Å². The highest BCUT2D eigenvalue weighted by molar-refractivity contribution is 6.31. The highest BCUT2D eigenvalue weighted by Gasteiger charge is 2.24. The molecule has 10 heteroatoms. The fourth-order valence-corrected chi connectivity index (χ4v) is 3.63. The molecule has 0 aliphatic heterocycles. The minimum absolute atomic E-state index is 0.193. The number of hydrogen-bond acceptors (Lipinski definition) is 6. The number of pyridine rings is 1. The number of nitrogens with one attached hydrogen (secondary N) is 2. The Kier molecular flexibility index (Phi) is 7.07. The second kappa shape index (κ2) is 10.4. The molecule has 0 fully saturated rings. The summed E-state index contributed by atoms with van der Waals surface area (Å²) in [6.45, 7) is 1.72. The number of carbonyl (C=O) groups is 3. The van der Waals surface area contributed by atoms with Gasteiger partial charge in [-0.2, -0.15) is 5.10 Å². The zero-order valence-electron chi connectivity index (χ0n) is 19.0. The molecule has 9 nitrogen and oxygen atoms in total. The van der Waals surface area contributed by atoms with Crippen molar-refractivity contribution in [3.05, 3.63) is 83.0 Å². The lowest BCUT2D eigenvalue weighted by Gasteiger charge is -2.14. The average Bonchev–Trinajstić information content (AvgIpc) is 3.27. The summed E-state index contributed by atoms with van der Waals surface area (Å²) in [5.74, 6) is -1.49. The Hall–Kier alpha value is -4.24. The third-order valence-electron chi connectivity index (χ3n) is 5.29. The molecule has 0 spiro atoms. The summed E-state index contributed by atoms with van der Waals surface area (Å²) >= 11 is 6.33. The normalized spacial score (nSPS) is 11.6. The number of amides is 3. The van der Waals surface area contributed by atoms with Gasteiger partial charge in [0, 0.05) is 17.6 Å². The molecule has 1 atom stereocenters. The number of ether oxygens (including phenoxy) is 1. The molecule has 2 heterocycles. The van der Waals surface area contributed by atoms with Crippen LogP contribution in [0.5, 0.6) is 0 Å². The molecule has 0 bridgehead atoms. The van der Waals surface area contributed by atoms with Gasteiger partial charge in [0.15, 0.2) is 11.8 Å². The van der Waals surface area contributed by atoms with E-state index in [-0.39, 0.29) is 5.56 Å². The summed E-state index contributed by atoms with van der Waals surface area (Å²) in [7, 11) is 1.37. The predicted octanol–water partition coefficient (Wildman–Crippen LogP) is 3.80. The number of nitrogens with zero attached hydrogens (tertiary/aromatic N) is 3. The van der Waals surface area contributed by atoms with Gasteiger partial charge in [0.2, 0.25) is 0 Å². The summed E-state index contributed by atoms with van der Waals surface area (Å²) in [6.07, 6.45) is 0.321. The van der Waals surface area contributed by atoms with Crippen molar-refractivity contribution in [1.82, 2.24) is 25.4 Å². The molecular weight excluding hydrogens is 470 g/mol. The number of carbonyl (C=O) groups excluding carboxylic acids is 3. The molecular formula is C25H22ClN5O4. The lowest BCUT2D eigenvalue weighted by atomic mass is 10.1. The summed E-state index contributed by atoms with van der Waals surface area (Å²) in [4.78, 5) is 41.5. The Morgan fingerprint density at radius 2 is 1.80 bits per heavy atom. The van der Waals surface area contributed by atoms with Crippen LogP contribution in [-0.2, 0) is 16.1 Å². The van der Waals surface area contributed by atoms with Gasteiger partial charge in [-0.3, -0.25) is 10.1 Å². The molecule has 3 amide bonds. The van der Waals surface area contributed by atoms with Crippen LogP contribution in [0, 0.1) is 0 Å². The summed E-state index contributed by atoms with van der Waals surface area (Å²) < 4.78 is 7.03. The monoisotopic (exact) mass is 491 g/mol. The predicted molar refractivity (Wildman–Crippen MR) is 131 cm³/mol. The third-order valence-corrected chi connectivity index (χ3v) is 5.66. The zero-order chi connectivity index (χ0) is 24.9. The van der Waals surface area contributed by atoms with Crippen molar-refractivity contribution in [1.29, 1.82) is 0 Å². The summed E-state index contributed by atoms with van der Waals surface area (Å²) in [5.41, 5.74) is 2.82. The van der Waals surface area contributed by atoms with E-state index in [9.17, 15) is 14.4 Å². The van der Waals surface area contributed by atoms with Crippen molar-refractivity contribution < 1.29 is 19.1 Å². The van der Waals surface area contributed by atoms with Crippen molar-refractivity contribution in [3.8, 4) is 11.3 Å². The van der Waals surface area contributed by atoms with Gasteiger partial charge in [0.05, 0.1) is 29.4 Å². The first kappa shape index (κ1) is 23.9. The van der Waals surface area contributed by atoms with Crippen molar-refractivity contribution in [2.45, 2.75) is 19.6 Å². The van der Waals surface area contributed by atoms with Crippen LogP contribution >= 0.6 is 11.6 Å². The van der Waals surface area contributed by atoms with E-state index in [0.29, 0.717) is 28.3 Å². The number of imide groups is 1. The smallest absolute Gasteiger partial charge is 0.339 e. The maximum absolute atomic E-state index is 13.1. The second-order valence-electron chi connectivity index (χ2n) is 7.67. The molecule has 35 heavy (non-hydrogen) atoms. The lowest BCUT2D eigenvalue weighted by Crippen LogP contribution is -2.43. The largest absolute Gasteiger partial charge is 0.449 e. The molecule has 0 unspecified atom stereocenters. The fraction of sp³-hybridized carbons (Fsp3) is 0.160. The lowest BCUT2D eigenvalue weighted by molar-refractivity contribution is -0.127. The Labute approximate surface area is 206 Å². The molecule has 0 radical (unpaired) electrons. The first-order valence-corrected chi connectivity index (χ1v) is 11.1. The summed E-state index contributed by atoms with van der Waals surface area (Å²) in [5, 5.41) is 9.84. The first-order chi connectivity index (χ1) is 16.9. The van der Waals surface area contributed by atoms with Crippen molar-refractivity contribution in [2.75, 3.05) is 7.05 Å². The van der Waals surface area contributed by atoms with Gasteiger partial charge in [0.25, 0.3) is 5.91 Å². The van der Waals surface area contributed by atoms with Gasteiger partial charge in [-0.25, -0.2) is 19.3 Å². The van der Waals surface area contributed by atoms with Gasteiger partial charge < -0.3 is 10.1 Å². The Morgan fingerprint density at radius 3 is 2.51 bits per heavy atom. The summed E-state index contributed by atoms with van der Waals surface area (Å²) in [6, 6.07) is 17.7. The number of hydrogen-bond donors (Lipinski definition) is 2. The van der Waals surface area contributed by atoms with Crippen LogP contribution in [0.3, 0.4) is 0 Å². The molecule has 2 aromatic carbocycles. The van der Waals surface area contributed by atoms with E-state index >= 15 is 0 Å². The molecule has 0 aliphatic carbocycles. The Balaban J connectivity index is 1.74. The number of esters is 1. The minimum atomic E-state index is -1.21. The van der Waals surface area contributed by atoms with Gasteiger partial charge in [-0.1, -0.05) is 60.1 Å². The van der Waals surface area contributed by atoms with Crippen molar-refractivity contribution in [2.24, 2.45) is 0 Å². The SMILES string of the molecule is CNC(=O)NC(=O)[C@H](C)OC(=O)c1cc(-c2ccccc2)nc2c1cnn2Cc1ccccc1Cl. The number of rotatable bonds is 6. The molecule has 2 N–H and O–H groups in total. The van der Waals surface area contributed by atoms with E-state index in [1.54, 1.807) is 16.8 Å². The molecule has 0 aliphatic rings. The van der Waals surface area contributed by atoms with Crippen LogP contribution in [0.4, 0.5) is 4.79 Å². The zero-order valence-corrected chi connectivity index (χ0v) is 19.7. The minimum Gasteiger partial charge on any atom is -0.449 e. The quantitative estimate of drug-likeness (QED) is 0.396. The standard InChI is InChI=1S/C25H22ClN5O4/c1-15(23(32)30-25(34)27-2)35-24(33)18-12-21(16-8-4-3-5-9-16)29-22-19(18)13-28-31(22)14-17-10-6-7-11-20(17)26/h3-13,15H,14H2,1-2H3,(H2,27,30,32,34)/t15-/m0/s1. The Morgan fingerprint density at radius 1 is 1.09 bits per heavy atom. The van der Waals surface area contributed by atoms with Gasteiger partial charge >= 0.3 is 12.0 Å². The highest BCUT2D eigenvalue weighted by Crippen LogP contribution is 2.27. The number of halogens is 1. The van der Waals surface area contributed by atoms with E-state index in [2.05, 4.69) is 15.7 Å². The van der Waals surface area contributed by atoms with Gasteiger partial charge in [-0.15, -0.1) is 0 Å². The average molecular weight is 492 g/mol. The number of urea groups is 1. The van der Waals surface area contributed by atoms with Crippen LogP contribution in [0.25, 0.3) is 22.3 Å². The van der Waals surface area contributed by atoms with E-state index in [1.807, 2.05) is 48.5 Å². The van der Waals surface area contributed by atoms with Crippen LogP contribution in [-0.4, -0.2) is 45.8 Å². The molecule has 0 saturated heterocycles. The molecule has 4 aromatic rings. The molecule has 0 saturated carbocycles. The maximum atomic E-state index is 13.1. The van der Waals surface area contributed by atoms with Crippen LogP contribution < -0.4 is 10.6 Å². The number of fused-ring (bicyclic) bond motifs is 1. The number of benzene rings is 2. The number of aromatic nitrogens is 3. The Bertz CT molecular complexity index is 1400. The molecule has 178 valence electrons. The maximum Gasteiger partial charge on any atom is 0.339 e.